The number of likely N-dealkylation sites (N-methyl/N-ethyl adjacent to an activating group) is 1. The summed E-state index contributed by atoms with van der Waals surface area (Å²) < 4.78 is 0. The van der Waals surface area contributed by atoms with Crippen molar-refractivity contribution in [1.82, 2.24) is 10.2 Å². The van der Waals surface area contributed by atoms with Crippen molar-refractivity contribution >= 4 is 5.91 Å². The number of hydrogen-bond donors (Lipinski definition) is 1. The van der Waals surface area contributed by atoms with Crippen LogP contribution in [-0.2, 0) is 4.79 Å². The lowest BCUT2D eigenvalue weighted by molar-refractivity contribution is -0.128. The zero-order valence-corrected chi connectivity index (χ0v) is 15.9. The normalized spacial score (nSPS) is 13.9. The van der Waals surface area contributed by atoms with Crippen LogP contribution in [0, 0.1) is 5.41 Å². The van der Waals surface area contributed by atoms with Crippen LogP contribution in [0.4, 0.5) is 0 Å². The molecule has 3 heteroatoms. The largest absolute Gasteiger partial charge is 0.350 e. The minimum atomic E-state index is -0.231. The van der Waals surface area contributed by atoms with Crippen molar-refractivity contribution in [1.29, 1.82) is 0 Å². The van der Waals surface area contributed by atoms with E-state index in [0.29, 0.717) is 0 Å². The van der Waals surface area contributed by atoms with Crippen LogP contribution in [0.15, 0.2) is 30.3 Å². The first-order chi connectivity index (χ1) is 10.6. The monoisotopic (exact) mass is 318 g/mol. The molecule has 0 bridgehead atoms. The van der Waals surface area contributed by atoms with Gasteiger partial charge in [0, 0.05) is 5.54 Å². The summed E-state index contributed by atoms with van der Waals surface area (Å²) in [5.74, 6) is 0.0918. The molecule has 1 atom stereocenters. The highest BCUT2D eigenvalue weighted by Gasteiger charge is 2.32. The molecule has 1 unspecified atom stereocenters. The maximum Gasteiger partial charge on any atom is 0.242 e. The first-order valence-corrected chi connectivity index (χ1v) is 8.70. The van der Waals surface area contributed by atoms with Crippen molar-refractivity contribution in [2.24, 2.45) is 5.41 Å². The fraction of sp³-hybridized carbons (Fsp3) is 0.650. The van der Waals surface area contributed by atoms with Crippen molar-refractivity contribution in [2.75, 3.05) is 13.1 Å². The van der Waals surface area contributed by atoms with Crippen molar-refractivity contribution in [3.05, 3.63) is 35.9 Å². The molecule has 0 heterocycles. The predicted molar refractivity (Wildman–Crippen MR) is 98.4 cm³/mol. The van der Waals surface area contributed by atoms with E-state index >= 15 is 0 Å². The lowest BCUT2D eigenvalue weighted by Crippen LogP contribution is -2.50. The van der Waals surface area contributed by atoms with E-state index in [9.17, 15) is 4.79 Å². The summed E-state index contributed by atoms with van der Waals surface area (Å²) in [6, 6.07) is 9.84. The molecule has 0 aromatic heterocycles. The zero-order chi connectivity index (χ0) is 17.7. The van der Waals surface area contributed by atoms with Gasteiger partial charge in [-0.3, -0.25) is 9.69 Å². The van der Waals surface area contributed by atoms with Crippen molar-refractivity contribution in [3.8, 4) is 0 Å². The second kappa shape index (κ2) is 7.96. The topological polar surface area (TPSA) is 32.3 Å². The number of rotatable bonds is 7. The molecule has 130 valence electrons. The van der Waals surface area contributed by atoms with Crippen molar-refractivity contribution < 1.29 is 4.79 Å². The first kappa shape index (κ1) is 19.7. The van der Waals surface area contributed by atoms with Gasteiger partial charge >= 0.3 is 0 Å². The maximum absolute atomic E-state index is 13.1. The van der Waals surface area contributed by atoms with E-state index in [1.165, 1.54) is 0 Å². The Bertz CT molecular complexity index is 484. The Balaban J connectivity index is 3.01. The van der Waals surface area contributed by atoms with E-state index in [2.05, 4.69) is 58.7 Å². The number of hydrogen-bond acceptors (Lipinski definition) is 2. The standard InChI is InChI=1S/C20H34N2O/c1-8-22(9-2)17(16-13-11-10-12-14-16)18(23)21-20(6,7)15-19(3,4)5/h10-14,17H,8-9,15H2,1-7H3,(H,21,23). The van der Waals surface area contributed by atoms with E-state index in [4.69, 9.17) is 0 Å². The lowest BCUT2D eigenvalue weighted by Gasteiger charge is -2.36. The summed E-state index contributed by atoms with van der Waals surface area (Å²) in [6.45, 7) is 16.8. The average Bonchev–Trinajstić information content (AvgIpc) is 2.41. The molecule has 0 fully saturated rings. The van der Waals surface area contributed by atoms with Crippen molar-refractivity contribution in [3.63, 3.8) is 0 Å². The van der Waals surface area contributed by atoms with Crippen LogP contribution in [0.3, 0.4) is 0 Å². The fourth-order valence-corrected chi connectivity index (χ4v) is 3.52. The molecular formula is C20H34N2O. The van der Waals surface area contributed by atoms with E-state index in [1.807, 2.05) is 30.3 Å². The van der Waals surface area contributed by atoms with E-state index < -0.39 is 0 Å². The number of carbonyl (C=O) groups is 1. The molecule has 23 heavy (non-hydrogen) atoms. The predicted octanol–water partition coefficient (Wildman–Crippen LogP) is 4.40. The minimum Gasteiger partial charge on any atom is -0.350 e. The van der Waals surface area contributed by atoms with Gasteiger partial charge in [-0.15, -0.1) is 0 Å². The Morgan fingerprint density at radius 1 is 1.04 bits per heavy atom. The van der Waals surface area contributed by atoms with Crippen LogP contribution in [0.25, 0.3) is 0 Å². The molecule has 1 aromatic carbocycles. The number of nitrogens with one attached hydrogen (secondary N) is 1. The van der Waals surface area contributed by atoms with Gasteiger partial charge in [0.05, 0.1) is 0 Å². The minimum absolute atomic E-state index is 0.0918. The summed E-state index contributed by atoms with van der Waals surface area (Å²) in [6.07, 6.45) is 0.936. The first-order valence-electron chi connectivity index (χ1n) is 8.70. The Labute approximate surface area is 142 Å². The van der Waals surface area contributed by atoms with Gasteiger partial charge in [0.1, 0.15) is 6.04 Å². The number of amides is 1. The molecule has 0 radical (unpaired) electrons. The van der Waals surface area contributed by atoms with Crippen LogP contribution < -0.4 is 5.32 Å². The van der Waals surface area contributed by atoms with Gasteiger partial charge in [-0.05, 0) is 44.3 Å². The number of nitrogens with zero attached hydrogens (tertiary/aromatic N) is 1. The third-order valence-corrected chi connectivity index (χ3v) is 3.98. The molecule has 0 aliphatic heterocycles. The molecule has 0 spiro atoms. The van der Waals surface area contributed by atoms with Gasteiger partial charge in [-0.1, -0.05) is 65.0 Å². The number of carbonyl (C=O) groups excluding carboxylic acids is 1. The maximum atomic E-state index is 13.1. The Morgan fingerprint density at radius 2 is 1.57 bits per heavy atom. The number of benzene rings is 1. The summed E-state index contributed by atoms with van der Waals surface area (Å²) in [5.41, 5.74) is 1.00. The Morgan fingerprint density at radius 3 is 2.00 bits per heavy atom. The summed E-state index contributed by atoms with van der Waals surface area (Å²) in [5, 5.41) is 3.28. The molecule has 3 nitrogen and oxygen atoms in total. The highest BCUT2D eigenvalue weighted by molar-refractivity contribution is 5.83. The van der Waals surface area contributed by atoms with Gasteiger partial charge < -0.3 is 5.32 Å². The zero-order valence-electron chi connectivity index (χ0n) is 15.9. The lowest BCUT2D eigenvalue weighted by atomic mass is 9.81. The van der Waals surface area contributed by atoms with Gasteiger partial charge in [0.2, 0.25) is 5.91 Å². The van der Waals surface area contributed by atoms with Crippen LogP contribution in [0.5, 0.6) is 0 Å². The van der Waals surface area contributed by atoms with Gasteiger partial charge in [-0.25, -0.2) is 0 Å². The smallest absolute Gasteiger partial charge is 0.242 e. The third-order valence-electron chi connectivity index (χ3n) is 3.98. The molecular weight excluding hydrogens is 284 g/mol. The van der Waals surface area contributed by atoms with E-state index in [0.717, 1.165) is 25.1 Å². The van der Waals surface area contributed by atoms with Crippen LogP contribution in [-0.4, -0.2) is 29.4 Å². The molecule has 0 aliphatic rings. The summed E-state index contributed by atoms with van der Waals surface area (Å²) in [7, 11) is 0. The molecule has 0 saturated carbocycles. The van der Waals surface area contributed by atoms with Gasteiger partial charge in [0.15, 0.2) is 0 Å². The quantitative estimate of drug-likeness (QED) is 0.808. The fourth-order valence-electron chi connectivity index (χ4n) is 3.52. The summed E-state index contributed by atoms with van der Waals surface area (Å²) in [4.78, 5) is 15.3. The SMILES string of the molecule is CCN(CC)C(C(=O)NC(C)(C)CC(C)(C)C)c1ccccc1. The van der Waals surface area contributed by atoms with Crippen LogP contribution in [0.1, 0.15) is 66.5 Å². The molecule has 1 aromatic rings. The molecule has 0 aliphatic carbocycles. The highest BCUT2D eigenvalue weighted by Crippen LogP contribution is 2.28. The van der Waals surface area contributed by atoms with Gasteiger partial charge in [0.25, 0.3) is 0 Å². The third kappa shape index (κ3) is 6.34. The summed E-state index contributed by atoms with van der Waals surface area (Å²) >= 11 is 0. The second-order valence-corrected chi connectivity index (χ2v) is 8.15. The van der Waals surface area contributed by atoms with E-state index in [1.54, 1.807) is 0 Å². The molecule has 1 N–H and O–H groups in total. The Kier molecular flexibility index (Phi) is 6.82. The molecule has 0 saturated heterocycles. The molecule has 1 amide bonds. The Hall–Kier alpha value is -1.35. The van der Waals surface area contributed by atoms with Crippen LogP contribution in [0.2, 0.25) is 0 Å². The van der Waals surface area contributed by atoms with Crippen molar-refractivity contribution in [2.45, 2.75) is 66.5 Å². The van der Waals surface area contributed by atoms with E-state index in [-0.39, 0.29) is 22.9 Å². The second-order valence-electron chi connectivity index (χ2n) is 8.15. The van der Waals surface area contributed by atoms with Gasteiger partial charge in [-0.2, -0.15) is 0 Å². The molecule has 1 rings (SSSR count). The van der Waals surface area contributed by atoms with Crippen LogP contribution >= 0.6 is 0 Å². The average molecular weight is 319 g/mol. The highest BCUT2D eigenvalue weighted by atomic mass is 16.2.